The van der Waals surface area contributed by atoms with Crippen molar-refractivity contribution in [3.63, 3.8) is 0 Å². The van der Waals surface area contributed by atoms with Gasteiger partial charge in [-0.3, -0.25) is 9.59 Å². The maximum atomic E-state index is 12.2. The Bertz CT molecular complexity index is 999. The fourth-order valence-corrected chi connectivity index (χ4v) is 5.51. The number of ether oxygens (including phenoxy) is 2. The molecule has 296 valence electrons. The summed E-state index contributed by atoms with van der Waals surface area (Å²) in [6.07, 6.45) is 58.0. The third-order valence-electron chi connectivity index (χ3n) is 8.69. The lowest BCUT2D eigenvalue weighted by Crippen LogP contribution is -2.28. The normalized spacial score (nSPS) is 13.1. The van der Waals surface area contributed by atoms with Crippen LogP contribution in [0.1, 0.15) is 181 Å². The van der Waals surface area contributed by atoms with Gasteiger partial charge in [-0.1, -0.05) is 176 Å². The van der Waals surface area contributed by atoms with Crippen molar-refractivity contribution in [2.24, 2.45) is 0 Å². The van der Waals surface area contributed by atoms with Crippen molar-refractivity contribution in [1.82, 2.24) is 0 Å². The Kier molecular flexibility index (Phi) is 40.1. The lowest BCUT2D eigenvalue weighted by atomic mass is 10.1. The van der Waals surface area contributed by atoms with E-state index in [1.54, 1.807) is 0 Å². The second-order valence-electron chi connectivity index (χ2n) is 13.7. The van der Waals surface area contributed by atoms with E-state index in [-0.39, 0.29) is 31.6 Å². The number of esters is 2. The van der Waals surface area contributed by atoms with Crippen LogP contribution >= 0.6 is 0 Å². The minimum absolute atomic E-state index is 0.111. The molecule has 0 aromatic rings. The second-order valence-corrected chi connectivity index (χ2v) is 13.7. The van der Waals surface area contributed by atoms with E-state index in [0.717, 1.165) is 57.8 Å². The molecule has 52 heavy (non-hydrogen) atoms. The van der Waals surface area contributed by atoms with Gasteiger partial charge >= 0.3 is 11.9 Å². The molecule has 0 aromatic carbocycles. The molecule has 0 fully saturated rings. The smallest absolute Gasteiger partial charge is 0.306 e. The van der Waals surface area contributed by atoms with Crippen LogP contribution in [0.25, 0.3) is 0 Å². The van der Waals surface area contributed by atoms with Crippen molar-refractivity contribution in [2.45, 2.75) is 187 Å². The van der Waals surface area contributed by atoms with Crippen LogP contribution in [0.3, 0.4) is 0 Å². The first-order valence-electron chi connectivity index (χ1n) is 21.1. The number of allylic oxidation sites excluding steroid dienone is 14. The Morgan fingerprint density at radius 1 is 0.462 bits per heavy atom. The van der Waals surface area contributed by atoms with Crippen LogP contribution in [0, 0.1) is 0 Å². The molecule has 0 heterocycles. The summed E-state index contributed by atoms with van der Waals surface area (Å²) in [5, 5.41) is 9.57. The van der Waals surface area contributed by atoms with E-state index >= 15 is 0 Å². The SMILES string of the molecule is CCC=CCC=CCC=CCC=CCC=CCC=CCCC(=O)OCC(CO)OC(=O)CCCCCCCCCCCC=CCCCCCCCC. The lowest BCUT2D eigenvalue weighted by Gasteiger charge is -2.15. The van der Waals surface area contributed by atoms with Gasteiger partial charge in [0.15, 0.2) is 6.10 Å². The third-order valence-corrected chi connectivity index (χ3v) is 8.69. The fourth-order valence-electron chi connectivity index (χ4n) is 5.51. The van der Waals surface area contributed by atoms with Gasteiger partial charge in [0.1, 0.15) is 6.61 Å². The van der Waals surface area contributed by atoms with Gasteiger partial charge < -0.3 is 14.6 Å². The first kappa shape index (κ1) is 49.1. The van der Waals surface area contributed by atoms with E-state index in [0.29, 0.717) is 12.8 Å². The molecule has 0 spiro atoms. The van der Waals surface area contributed by atoms with Crippen LogP contribution in [0.5, 0.6) is 0 Å². The second kappa shape index (κ2) is 42.5. The Hall–Kier alpha value is -2.92. The summed E-state index contributed by atoms with van der Waals surface area (Å²) in [4.78, 5) is 24.3. The Morgan fingerprint density at radius 2 is 0.865 bits per heavy atom. The molecule has 0 aliphatic heterocycles. The van der Waals surface area contributed by atoms with E-state index in [4.69, 9.17) is 9.47 Å². The van der Waals surface area contributed by atoms with Crippen LogP contribution in [0.2, 0.25) is 0 Å². The van der Waals surface area contributed by atoms with Crippen molar-refractivity contribution in [2.75, 3.05) is 13.2 Å². The number of carbonyl (C=O) groups excluding carboxylic acids is 2. The van der Waals surface area contributed by atoms with E-state index in [1.165, 1.54) is 89.9 Å². The third kappa shape index (κ3) is 39.9. The molecule has 0 bridgehead atoms. The van der Waals surface area contributed by atoms with Crippen LogP contribution in [0.15, 0.2) is 85.1 Å². The molecule has 0 rings (SSSR count). The number of aliphatic hydroxyl groups excluding tert-OH is 1. The van der Waals surface area contributed by atoms with Gasteiger partial charge in [-0.25, -0.2) is 0 Å². The molecule has 5 nitrogen and oxygen atoms in total. The van der Waals surface area contributed by atoms with Crippen molar-refractivity contribution in [1.29, 1.82) is 0 Å². The van der Waals surface area contributed by atoms with Gasteiger partial charge in [0.2, 0.25) is 0 Å². The summed E-state index contributed by atoms with van der Waals surface area (Å²) in [7, 11) is 0. The highest BCUT2D eigenvalue weighted by Crippen LogP contribution is 2.13. The largest absolute Gasteiger partial charge is 0.462 e. The minimum atomic E-state index is -0.807. The molecule has 0 aliphatic rings. The number of rotatable bonds is 37. The zero-order valence-electron chi connectivity index (χ0n) is 33.5. The molecule has 0 aromatic heterocycles. The summed E-state index contributed by atoms with van der Waals surface area (Å²) < 4.78 is 10.6. The molecule has 1 unspecified atom stereocenters. The number of hydrogen-bond acceptors (Lipinski definition) is 5. The first-order valence-corrected chi connectivity index (χ1v) is 21.1. The molecular weight excluding hydrogens is 645 g/mol. The number of unbranched alkanes of at least 4 members (excludes halogenated alkanes) is 15. The van der Waals surface area contributed by atoms with E-state index in [9.17, 15) is 14.7 Å². The monoisotopic (exact) mass is 723 g/mol. The molecule has 0 saturated heterocycles. The Balaban J connectivity index is 3.68. The van der Waals surface area contributed by atoms with Gasteiger partial charge in [-0.15, -0.1) is 0 Å². The summed E-state index contributed by atoms with van der Waals surface area (Å²) in [6, 6.07) is 0. The highest BCUT2D eigenvalue weighted by molar-refractivity contribution is 5.70. The molecule has 0 amide bonds. The highest BCUT2D eigenvalue weighted by Gasteiger charge is 2.15. The average molecular weight is 723 g/mol. The predicted molar refractivity (Wildman–Crippen MR) is 223 cm³/mol. The predicted octanol–water partition coefficient (Wildman–Crippen LogP) is 13.5. The van der Waals surface area contributed by atoms with Gasteiger partial charge in [0.05, 0.1) is 6.61 Å². The number of aliphatic hydroxyl groups is 1. The van der Waals surface area contributed by atoms with Crippen molar-refractivity contribution in [3.8, 4) is 0 Å². The number of hydrogen-bond donors (Lipinski definition) is 1. The molecule has 1 atom stereocenters. The molecule has 0 aliphatic carbocycles. The van der Waals surface area contributed by atoms with Crippen LogP contribution < -0.4 is 0 Å². The summed E-state index contributed by atoms with van der Waals surface area (Å²) >= 11 is 0. The molecule has 1 N–H and O–H groups in total. The van der Waals surface area contributed by atoms with Crippen molar-refractivity contribution >= 4 is 11.9 Å². The highest BCUT2D eigenvalue weighted by atomic mass is 16.6. The summed E-state index contributed by atoms with van der Waals surface area (Å²) in [6.45, 7) is 3.95. The first-order chi connectivity index (χ1) is 25.6. The van der Waals surface area contributed by atoms with E-state index < -0.39 is 6.10 Å². The van der Waals surface area contributed by atoms with Crippen LogP contribution in [0.4, 0.5) is 0 Å². The Labute approximate surface area is 320 Å². The van der Waals surface area contributed by atoms with E-state index in [1.807, 2.05) is 12.2 Å². The van der Waals surface area contributed by atoms with Crippen molar-refractivity contribution < 1.29 is 24.2 Å². The van der Waals surface area contributed by atoms with Crippen LogP contribution in [-0.2, 0) is 19.1 Å². The molecule has 5 heteroatoms. The zero-order chi connectivity index (χ0) is 37.8. The topological polar surface area (TPSA) is 72.8 Å². The maximum absolute atomic E-state index is 12.2. The van der Waals surface area contributed by atoms with Gasteiger partial charge in [0.25, 0.3) is 0 Å². The van der Waals surface area contributed by atoms with E-state index in [2.05, 4.69) is 86.8 Å². The van der Waals surface area contributed by atoms with Gasteiger partial charge in [0, 0.05) is 12.8 Å². The molecular formula is C47H78O5. The Morgan fingerprint density at radius 3 is 1.33 bits per heavy atom. The minimum Gasteiger partial charge on any atom is -0.462 e. The maximum Gasteiger partial charge on any atom is 0.306 e. The molecule has 0 radical (unpaired) electrons. The quantitative estimate of drug-likeness (QED) is 0.0393. The van der Waals surface area contributed by atoms with Crippen LogP contribution in [-0.4, -0.2) is 36.4 Å². The van der Waals surface area contributed by atoms with Gasteiger partial charge in [-0.05, 0) is 77.0 Å². The zero-order valence-corrected chi connectivity index (χ0v) is 33.5. The van der Waals surface area contributed by atoms with Gasteiger partial charge in [-0.2, -0.15) is 0 Å². The molecule has 0 saturated carbocycles. The van der Waals surface area contributed by atoms with Crippen molar-refractivity contribution in [3.05, 3.63) is 85.1 Å². The summed E-state index contributed by atoms with van der Waals surface area (Å²) in [5.41, 5.74) is 0. The summed E-state index contributed by atoms with van der Waals surface area (Å²) in [5.74, 6) is -0.696. The lowest BCUT2D eigenvalue weighted by molar-refractivity contribution is -0.161. The fraction of sp³-hybridized carbons (Fsp3) is 0.660. The average Bonchev–Trinajstić information content (AvgIpc) is 3.15. The standard InChI is InChI=1S/C47H78O5/c1-3-5-7-9-11-13-15-17-19-21-23-25-27-29-31-33-35-37-39-41-46(49)51-44-45(43-48)52-47(50)42-40-38-36-34-32-30-28-26-24-22-20-18-16-14-12-10-8-6-4-2/h5,7,11,13,17-20,23,25,29,31,35,37,45,48H,3-4,6,8-10,12,14-16,21-22,24,26-28,30,32-34,36,38-44H2,1-2H3. The number of carbonyl (C=O) groups is 2.